The molecule has 0 unspecified atom stereocenters. The van der Waals surface area contributed by atoms with Crippen LogP contribution in [0.1, 0.15) is 26.7 Å². The third-order valence-electron chi connectivity index (χ3n) is 4.21. The van der Waals surface area contributed by atoms with Crippen LogP contribution in [-0.4, -0.2) is 43.3 Å². The Hall–Kier alpha value is -1.33. The molecule has 0 saturated carbocycles. The van der Waals surface area contributed by atoms with Gasteiger partial charge in [-0.2, -0.15) is 0 Å². The van der Waals surface area contributed by atoms with Gasteiger partial charge in [-0.15, -0.1) is 0 Å². The van der Waals surface area contributed by atoms with E-state index >= 15 is 0 Å². The lowest BCUT2D eigenvalue weighted by atomic mass is 9.92. The smallest absolute Gasteiger partial charge is 0.170 e. The highest BCUT2D eigenvalue weighted by Crippen LogP contribution is 2.20. The molecule has 1 aliphatic heterocycles. The standard InChI is InChI=1S/C18H29N3OS/c1-14-10-15(2)13-21(12-14)9-5-8-19-18(23)20-16-6-4-7-17(11-16)22-3/h4,6-7,11,14-15H,5,8-10,12-13H2,1-3H3,(H2,19,20,23)/t14-,15-/m0/s1. The summed E-state index contributed by atoms with van der Waals surface area (Å²) in [5, 5.41) is 7.14. The van der Waals surface area contributed by atoms with Crippen LogP contribution < -0.4 is 15.4 Å². The van der Waals surface area contributed by atoms with Crippen LogP contribution in [0.5, 0.6) is 5.75 Å². The topological polar surface area (TPSA) is 36.5 Å². The number of likely N-dealkylation sites (tertiary alicyclic amines) is 1. The highest BCUT2D eigenvalue weighted by molar-refractivity contribution is 7.80. The lowest BCUT2D eigenvalue weighted by molar-refractivity contribution is 0.140. The highest BCUT2D eigenvalue weighted by atomic mass is 32.1. The molecule has 23 heavy (non-hydrogen) atoms. The Balaban J connectivity index is 1.64. The average Bonchev–Trinajstić information content (AvgIpc) is 2.51. The van der Waals surface area contributed by atoms with Gasteiger partial charge < -0.3 is 20.3 Å². The summed E-state index contributed by atoms with van der Waals surface area (Å²) in [6, 6.07) is 7.78. The van der Waals surface area contributed by atoms with E-state index in [1.165, 1.54) is 19.5 Å². The number of benzene rings is 1. The van der Waals surface area contributed by atoms with E-state index in [0.29, 0.717) is 5.11 Å². The van der Waals surface area contributed by atoms with Crippen LogP contribution in [0.2, 0.25) is 0 Å². The van der Waals surface area contributed by atoms with Gasteiger partial charge >= 0.3 is 0 Å². The van der Waals surface area contributed by atoms with Crippen molar-refractivity contribution in [2.24, 2.45) is 11.8 Å². The molecule has 1 saturated heterocycles. The molecule has 1 fully saturated rings. The molecule has 2 atom stereocenters. The predicted molar refractivity (Wildman–Crippen MR) is 101 cm³/mol. The Kier molecular flexibility index (Phi) is 7.12. The molecule has 1 aliphatic rings. The molecule has 128 valence electrons. The quantitative estimate of drug-likeness (QED) is 0.616. The molecule has 0 bridgehead atoms. The number of thiocarbonyl (C=S) groups is 1. The first-order valence-electron chi connectivity index (χ1n) is 8.48. The van der Waals surface area contributed by atoms with Crippen molar-refractivity contribution in [3.8, 4) is 5.75 Å². The summed E-state index contributed by atoms with van der Waals surface area (Å²) in [5.74, 6) is 2.47. The van der Waals surface area contributed by atoms with Gasteiger partial charge in [0.1, 0.15) is 5.75 Å². The maximum absolute atomic E-state index is 5.35. The maximum Gasteiger partial charge on any atom is 0.170 e. The van der Waals surface area contributed by atoms with Gasteiger partial charge in [-0.3, -0.25) is 0 Å². The molecular weight excluding hydrogens is 306 g/mol. The molecule has 1 heterocycles. The summed E-state index contributed by atoms with van der Waals surface area (Å²) >= 11 is 5.35. The fourth-order valence-corrected chi connectivity index (χ4v) is 3.58. The van der Waals surface area contributed by atoms with Gasteiger partial charge in [0.25, 0.3) is 0 Å². The molecule has 2 N–H and O–H groups in total. The van der Waals surface area contributed by atoms with E-state index in [0.717, 1.165) is 42.8 Å². The largest absolute Gasteiger partial charge is 0.497 e. The average molecular weight is 336 g/mol. The summed E-state index contributed by atoms with van der Waals surface area (Å²) in [6.45, 7) is 9.22. The number of rotatable bonds is 6. The van der Waals surface area contributed by atoms with Crippen LogP contribution in [0, 0.1) is 11.8 Å². The minimum atomic E-state index is 0.665. The SMILES string of the molecule is COc1cccc(NC(=S)NCCCN2C[C@@H](C)C[C@H](C)C2)c1. The molecule has 0 amide bonds. The van der Waals surface area contributed by atoms with Crippen molar-refractivity contribution in [3.63, 3.8) is 0 Å². The van der Waals surface area contributed by atoms with E-state index in [2.05, 4.69) is 29.4 Å². The van der Waals surface area contributed by atoms with Gasteiger partial charge in [0.2, 0.25) is 0 Å². The Labute approximate surface area is 145 Å². The first-order valence-corrected chi connectivity index (χ1v) is 8.89. The van der Waals surface area contributed by atoms with Crippen molar-refractivity contribution >= 4 is 23.0 Å². The molecule has 0 aliphatic carbocycles. The molecular formula is C18H29N3OS. The normalized spacial score (nSPS) is 21.7. The Morgan fingerprint density at radius 3 is 2.74 bits per heavy atom. The summed E-state index contributed by atoms with van der Waals surface area (Å²) in [5.41, 5.74) is 0.945. The number of ether oxygens (including phenoxy) is 1. The van der Waals surface area contributed by atoms with E-state index in [1.807, 2.05) is 24.3 Å². The second kappa shape index (κ2) is 9.08. The van der Waals surface area contributed by atoms with E-state index in [4.69, 9.17) is 17.0 Å². The summed E-state index contributed by atoms with van der Waals surface area (Å²) in [6.07, 6.45) is 2.47. The van der Waals surface area contributed by atoms with Gasteiger partial charge in [0.15, 0.2) is 5.11 Å². The minimum absolute atomic E-state index is 0.665. The summed E-state index contributed by atoms with van der Waals surface area (Å²) in [7, 11) is 1.66. The monoisotopic (exact) mass is 335 g/mol. The molecule has 0 aromatic heterocycles. The summed E-state index contributed by atoms with van der Waals surface area (Å²) < 4.78 is 5.21. The van der Waals surface area contributed by atoms with Gasteiger partial charge in [-0.1, -0.05) is 19.9 Å². The van der Waals surface area contributed by atoms with Crippen molar-refractivity contribution in [3.05, 3.63) is 24.3 Å². The number of anilines is 1. The molecule has 5 heteroatoms. The van der Waals surface area contributed by atoms with Gasteiger partial charge in [-0.05, 0) is 55.6 Å². The molecule has 4 nitrogen and oxygen atoms in total. The van der Waals surface area contributed by atoms with Crippen molar-refractivity contribution in [2.75, 3.05) is 38.6 Å². The third kappa shape index (κ3) is 6.36. The Morgan fingerprint density at radius 1 is 1.30 bits per heavy atom. The maximum atomic E-state index is 5.35. The Morgan fingerprint density at radius 2 is 2.04 bits per heavy atom. The predicted octanol–water partition coefficient (Wildman–Crippen LogP) is 3.35. The van der Waals surface area contributed by atoms with Gasteiger partial charge in [-0.25, -0.2) is 0 Å². The van der Waals surface area contributed by atoms with Crippen LogP contribution >= 0.6 is 12.2 Å². The molecule has 2 rings (SSSR count). The fraction of sp³-hybridized carbons (Fsp3) is 0.611. The molecule has 1 aromatic rings. The highest BCUT2D eigenvalue weighted by Gasteiger charge is 2.20. The lowest BCUT2D eigenvalue weighted by Gasteiger charge is -2.35. The fourth-order valence-electron chi connectivity index (χ4n) is 3.36. The minimum Gasteiger partial charge on any atom is -0.497 e. The number of piperidine rings is 1. The van der Waals surface area contributed by atoms with Crippen LogP contribution in [0.3, 0.4) is 0 Å². The zero-order valence-electron chi connectivity index (χ0n) is 14.5. The van der Waals surface area contributed by atoms with Crippen LogP contribution in [-0.2, 0) is 0 Å². The molecule has 0 radical (unpaired) electrons. The number of nitrogens with one attached hydrogen (secondary N) is 2. The first-order chi connectivity index (χ1) is 11.1. The summed E-state index contributed by atoms with van der Waals surface area (Å²) in [4.78, 5) is 2.58. The molecule has 1 aromatic carbocycles. The van der Waals surface area contributed by atoms with E-state index in [9.17, 15) is 0 Å². The second-order valence-corrected chi connectivity index (χ2v) is 7.08. The van der Waals surface area contributed by atoms with Crippen LogP contribution in [0.15, 0.2) is 24.3 Å². The van der Waals surface area contributed by atoms with Gasteiger partial charge in [0, 0.05) is 31.4 Å². The van der Waals surface area contributed by atoms with Crippen molar-refractivity contribution in [1.29, 1.82) is 0 Å². The van der Waals surface area contributed by atoms with E-state index in [1.54, 1.807) is 7.11 Å². The van der Waals surface area contributed by atoms with Crippen molar-refractivity contribution < 1.29 is 4.74 Å². The van der Waals surface area contributed by atoms with Crippen molar-refractivity contribution in [2.45, 2.75) is 26.7 Å². The molecule has 0 spiro atoms. The van der Waals surface area contributed by atoms with Crippen LogP contribution in [0.4, 0.5) is 5.69 Å². The van der Waals surface area contributed by atoms with E-state index in [-0.39, 0.29) is 0 Å². The zero-order valence-corrected chi connectivity index (χ0v) is 15.3. The number of hydrogen-bond acceptors (Lipinski definition) is 3. The first kappa shape index (κ1) is 18.0. The van der Waals surface area contributed by atoms with Gasteiger partial charge in [0.05, 0.1) is 7.11 Å². The second-order valence-electron chi connectivity index (χ2n) is 6.67. The number of hydrogen-bond donors (Lipinski definition) is 2. The lowest BCUT2D eigenvalue weighted by Crippen LogP contribution is -2.40. The van der Waals surface area contributed by atoms with Crippen LogP contribution in [0.25, 0.3) is 0 Å². The number of methoxy groups -OCH3 is 1. The Bertz CT molecular complexity index is 499. The van der Waals surface area contributed by atoms with Crippen molar-refractivity contribution in [1.82, 2.24) is 10.2 Å². The number of nitrogens with zero attached hydrogens (tertiary/aromatic N) is 1. The zero-order chi connectivity index (χ0) is 16.7. The van der Waals surface area contributed by atoms with E-state index < -0.39 is 0 Å². The third-order valence-corrected chi connectivity index (χ3v) is 4.46.